The van der Waals surface area contributed by atoms with Gasteiger partial charge in [0.1, 0.15) is 5.52 Å². The predicted octanol–water partition coefficient (Wildman–Crippen LogP) is 10.8. The average molecular weight is 559 g/mol. The normalized spacial score (nSPS) is 11.5. The van der Waals surface area contributed by atoms with Gasteiger partial charge in [-0.3, -0.25) is 0 Å². The number of hydrogen-bond acceptors (Lipinski definition) is 0. The van der Waals surface area contributed by atoms with Crippen LogP contribution in [0.4, 0.5) is 0 Å². The van der Waals surface area contributed by atoms with Crippen molar-refractivity contribution in [2.45, 2.75) is 0 Å². The molecular weight excluding hydrogens is 532 g/mol. The van der Waals surface area contributed by atoms with E-state index in [0.29, 0.717) is 0 Å². The number of para-hydroxylation sites is 3. The third kappa shape index (κ3) is 3.70. The first-order chi connectivity index (χ1) is 21.8. The van der Waals surface area contributed by atoms with E-state index in [1.807, 2.05) is 6.07 Å². The van der Waals surface area contributed by atoms with Gasteiger partial charge < -0.3 is 9.13 Å². The van der Waals surface area contributed by atoms with Gasteiger partial charge in [-0.25, -0.2) is 0 Å². The molecule has 0 aliphatic rings. The molecule has 2 heteroatoms. The fraction of sp³-hybridized carbons (Fsp3) is 0. The summed E-state index contributed by atoms with van der Waals surface area (Å²) in [6.07, 6.45) is 0. The van der Waals surface area contributed by atoms with Crippen LogP contribution in [0.15, 0.2) is 158 Å². The summed E-state index contributed by atoms with van der Waals surface area (Å²) < 4.78 is 4.73. The fourth-order valence-electron chi connectivity index (χ4n) is 6.83. The van der Waals surface area contributed by atoms with Crippen molar-refractivity contribution in [2.75, 3.05) is 0 Å². The summed E-state index contributed by atoms with van der Waals surface area (Å²) in [5.41, 5.74) is 11.7. The highest BCUT2D eigenvalue weighted by molar-refractivity contribution is 6.15. The van der Waals surface area contributed by atoms with Crippen molar-refractivity contribution in [3.05, 3.63) is 170 Å². The van der Waals surface area contributed by atoms with Crippen LogP contribution in [0.25, 0.3) is 77.2 Å². The fourth-order valence-corrected chi connectivity index (χ4v) is 6.83. The van der Waals surface area contributed by atoms with Crippen molar-refractivity contribution in [3.63, 3.8) is 0 Å². The minimum Gasteiger partial charge on any atom is -0.309 e. The standard InChI is InChI=1S/C42H26N2/c1-3-13-29(14-4-1)30-15-11-18-33(27-30)43-39-23-9-8-20-36(39)38-28-31(25-26-41(38)43)34-21-12-22-37-35-19-7-10-24-40(35)44(42(34)37)32-16-5-2-6-17-32/h1-8,10-22,24-28H. The molecule has 0 bridgehead atoms. The molecule has 44 heavy (non-hydrogen) atoms. The van der Waals surface area contributed by atoms with Gasteiger partial charge in [0.2, 0.25) is 0 Å². The highest BCUT2D eigenvalue weighted by atomic mass is 15.0. The first-order valence-corrected chi connectivity index (χ1v) is 15.0. The van der Waals surface area contributed by atoms with Crippen molar-refractivity contribution >= 4 is 43.6 Å². The largest absolute Gasteiger partial charge is 0.309 e. The molecule has 0 fully saturated rings. The number of rotatable bonds is 4. The van der Waals surface area contributed by atoms with Crippen LogP contribution >= 0.6 is 0 Å². The number of nitrogens with zero attached hydrogens (tertiary/aromatic N) is 2. The van der Waals surface area contributed by atoms with Crippen molar-refractivity contribution in [3.8, 4) is 33.6 Å². The molecule has 2 heterocycles. The van der Waals surface area contributed by atoms with Crippen molar-refractivity contribution < 1.29 is 0 Å². The summed E-state index contributed by atoms with van der Waals surface area (Å²) in [5, 5.41) is 4.88. The van der Waals surface area contributed by atoms with E-state index in [9.17, 15) is 0 Å². The molecule has 9 rings (SSSR count). The second-order valence-corrected chi connectivity index (χ2v) is 11.2. The van der Waals surface area contributed by atoms with E-state index in [2.05, 4.69) is 173 Å². The van der Waals surface area contributed by atoms with E-state index in [0.717, 1.165) is 22.4 Å². The van der Waals surface area contributed by atoms with Crippen LogP contribution in [-0.2, 0) is 0 Å². The molecule has 0 aliphatic heterocycles. The van der Waals surface area contributed by atoms with Crippen molar-refractivity contribution in [1.29, 1.82) is 0 Å². The lowest BCUT2D eigenvalue weighted by atomic mass is 10.00. The quantitative estimate of drug-likeness (QED) is 0.203. The van der Waals surface area contributed by atoms with E-state index in [1.54, 1.807) is 0 Å². The lowest BCUT2D eigenvalue weighted by Crippen LogP contribution is -1.95. The molecule has 0 saturated heterocycles. The first-order valence-electron chi connectivity index (χ1n) is 15.0. The molecule has 7 aromatic carbocycles. The molecule has 0 atom stereocenters. The Kier molecular flexibility index (Phi) is 5.45. The maximum Gasteiger partial charge on any atom is 0.105 e. The third-order valence-electron chi connectivity index (χ3n) is 8.76. The van der Waals surface area contributed by atoms with Crippen LogP contribution in [-0.4, -0.2) is 9.13 Å². The Labute approximate surface area is 255 Å². The van der Waals surface area contributed by atoms with E-state index in [4.69, 9.17) is 0 Å². The molecule has 0 unspecified atom stereocenters. The highest BCUT2D eigenvalue weighted by Crippen LogP contribution is 2.40. The average Bonchev–Trinajstić information content (AvgIpc) is 3.62. The topological polar surface area (TPSA) is 9.86 Å². The van der Waals surface area contributed by atoms with E-state index < -0.39 is 0 Å². The highest BCUT2D eigenvalue weighted by Gasteiger charge is 2.18. The van der Waals surface area contributed by atoms with Crippen LogP contribution in [0.2, 0.25) is 0 Å². The Morgan fingerprint density at radius 3 is 2.00 bits per heavy atom. The van der Waals surface area contributed by atoms with Crippen LogP contribution in [0, 0.1) is 12.1 Å². The molecule has 0 saturated carbocycles. The smallest absolute Gasteiger partial charge is 0.105 e. The molecule has 9 aromatic rings. The molecular formula is C42H26N2. The molecule has 0 amide bonds. The Hall–Kier alpha value is -6.04. The van der Waals surface area contributed by atoms with Crippen molar-refractivity contribution in [2.24, 2.45) is 0 Å². The third-order valence-corrected chi connectivity index (χ3v) is 8.76. The van der Waals surface area contributed by atoms with Gasteiger partial charge in [0, 0.05) is 38.5 Å². The lowest BCUT2D eigenvalue weighted by molar-refractivity contribution is 1.18. The molecule has 2 nitrogen and oxygen atoms in total. The summed E-state index contributed by atoms with van der Waals surface area (Å²) in [6, 6.07) is 63.0. The molecule has 0 N–H and O–H groups in total. The van der Waals surface area contributed by atoms with Gasteiger partial charge in [-0.2, -0.15) is 0 Å². The van der Waals surface area contributed by atoms with Crippen LogP contribution in [0.5, 0.6) is 0 Å². The summed E-state index contributed by atoms with van der Waals surface area (Å²) in [6.45, 7) is 0. The SMILES string of the molecule is c1ccc2c3cc(-c4cccc5c6ccccc6n(-c6ccccc6)c45)ccc3n(-c3cccc(-c4ccccc4)c3)c2c#1. The Morgan fingerprint density at radius 1 is 0.409 bits per heavy atom. The Bertz CT molecular complexity index is 2480. The maximum atomic E-state index is 3.44. The van der Waals surface area contributed by atoms with Gasteiger partial charge in [-0.1, -0.05) is 109 Å². The Balaban J connectivity index is 1.30. The monoisotopic (exact) mass is 558 g/mol. The number of aromatic nitrogens is 2. The van der Waals surface area contributed by atoms with Gasteiger partial charge in [-0.15, -0.1) is 0 Å². The number of fused-ring (bicyclic) bond motifs is 6. The minimum absolute atomic E-state index is 1.03. The van der Waals surface area contributed by atoms with Gasteiger partial charge in [-0.05, 0) is 77.4 Å². The zero-order chi connectivity index (χ0) is 29.0. The minimum atomic E-state index is 1.03. The van der Waals surface area contributed by atoms with E-state index in [1.165, 1.54) is 54.8 Å². The van der Waals surface area contributed by atoms with Crippen LogP contribution in [0.1, 0.15) is 0 Å². The lowest BCUT2D eigenvalue weighted by Gasteiger charge is -2.12. The molecule has 204 valence electrons. The summed E-state index contributed by atoms with van der Waals surface area (Å²) >= 11 is 0. The molecule has 0 radical (unpaired) electrons. The van der Waals surface area contributed by atoms with E-state index >= 15 is 0 Å². The first kappa shape index (κ1) is 24.5. The molecule has 0 spiro atoms. The number of benzene rings is 6. The zero-order valence-electron chi connectivity index (χ0n) is 23.9. The zero-order valence-corrected chi connectivity index (χ0v) is 23.9. The number of hydrogen-bond donors (Lipinski definition) is 0. The van der Waals surface area contributed by atoms with E-state index in [-0.39, 0.29) is 0 Å². The predicted molar refractivity (Wildman–Crippen MR) is 184 cm³/mol. The second-order valence-electron chi connectivity index (χ2n) is 11.2. The maximum absolute atomic E-state index is 3.44. The van der Waals surface area contributed by atoms with Gasteiger partial charge in [0.15, 0.2) is 0 Å². The summed E-state index contributed by atoms with van der Waals surface area (Å²) in [5.74, 6) is 0. The van der Waals surface area contributed by atoms with Crippen LogP contribution in [0.3, 0.4) is 0 Å². The van der Waals surface area contributed by atoms with Gasteiger partial charge >= 0.3 is 0 Å². The van der Waals surface area contributed by atoms with Gasteiger partial charge in [0.25, 0.3) is 0 Å². The molecule has 2 aromatic heterocycles. The molecule has 0 aliphatic carbocycles. The summed E-state index contributed by atoms with van der Waals surface area (Å²) in [4.78, 5) is 0. The summed E-state index contributed by atoms with van der Waals surface area (Å²) in [7, 11) is 0. The van der Waals surface area contributed by atoms with Gasteiger partial charge in [0.05, 0.1) is 16.6 Å². The second kappa shape index (κ2) is 9.76. The van der Waals surface area contributed by atoms with Crippen molar-refractivity contribution in [1.82, 2.24) is 9.13 Å². The Morgan fingerprint density at radius 2 is 1.11 bits per heavy atom. The van der Waals surface area contributed by atoms with Crippen LogP contribution < -0.4 is 0 Å².